The first-order chi connectivity index (χ1) is 12.5. The summed E-state index contributed by atoms with van der Waals surface area (Å²) < 4.78 is 0. The molecule has 4 amide bonds. The molecule has 1 aromatic carbocycles. The maximum Gasteiger partial charge on any atom is 0.271 e. The summed E-state index contributed by atoms with van der Waals surface area (Å²) in [7, 11) is 0. The van der Waals surface area contributed by atoms with Gasteiger partial charge in [0.05, 0.1) is 11.5 Å². The van der Waals surface area contributed by atoms with Gasteiger partial charge in [0, 0.05) is 11.1 Å². The number of nitrogens with one attached hydrogen (secondary N) is 4. The Bertz CT molecular complexity index is 767. The first-order valence-electron chi connectivity index (χ1n) is 7.22. The maximum absolute atomic E-state index is 12.0. The molecular formula is C14H12N6O4S2. The van der Waals surface area contributed by atoms with Gasteiger partial charge in [0.25, 0.3) is 11.8 Å². The van der Waals surface area contributed by atoms with Gasteiger partial charge in [0.2, 0.25) is 11.8 Å². The van der Waals surface area contributed by atoms with Gasteiger partial charge >= 0.3 is 0 Å². The van der Waals surface area contributed by atoms with Crippen LogP contribution in [0.15, 0.2) is 34.5 Å². The Labute approximate surface area is 155 Å². The monoisotopic (exact) mass is 392 g/mol. The molecule has 2 fully saturated rings. The van der Waals surface area contributed by atoms with Crippen LogP contribution in [0.25, 0.3) is 0 Å². The van der Waals surface area contributed by atoms with Crippen molar-refractivity contribution >= 4 is 57.5 Å². The van der Waals surface area contributed by atoms with Crippen molar-refractivity contribution in [3.05, 3.63) is 35.4 Å². The number of hydrogen-bond acceptors (Lipinski definition) is 8. The van der Waals surface area contributed by atoms with E-state index in [2.05, 4.69) is 31.7 Å². The van der Waals surface area contributed by atoms with E-state index in [1.165, 1.54) is 47.8 Å². The van der Waals surface area contributed by atoms with Crippen LogP contribution in [0.5, 0.6) is 0 Å². The van der Waals surface area contributed by atoms with E-state index in [-0.39, 0.29) is 23.3 Å². The molecule has 26 heavy (non-hydrogen) atoms. The summed E-state index contributed by atoms with van der Waals surface area (Å²) in [4.78, 5) is 46.0. The lowest BCUT2D eigenvalue weighted by molar-refractivity contribution is -0.117. The van der Waals surface area contributed by atoms with Crippen LogP contribution in [-0.4, -0.2) is 45.5 Å². The summed E-state index contributed by atoms with van der Waals surface area (Å²) in [6, 6.07) is 5.85. The summed E-state index contributed by atoms with van der Waals surface area (Å²) in [5, 5.41) is 13.2. The lowest BCUT2D eigenvalue weighted by Crippen LogP contribution is -2.26. The van der Waals surface area contributed by atoms with Crippen LogP contribution in [0.3, 0.4) is 0 Å². The lowest BCUT2D eigenvalue weighted by atomic mass is 10.1. The number of amidine groups is 2. The molecule has 1 aromatic rings. The Morgan fingerprint density at radius 2 is 1.19 bits per heavy atom. The van der Waals surface area contributed by atoms with Gasteiger partial charge in [0.1, 0.15) is 0 Å². The molecule has 2 saturated heterocycles. The smallest absolute Gasteiger partial charge is 0.271 e. The van der Waals surface area contributed by atoms with Crippen molar-refractivity contribution in [2.45, 2.75) is 0 Å². The number of carbonyl (C=O) groups is 4. The topological polar surface area (TPSA) is 141 Å². The largest absolute Gasteiger partial charge is 0.303 e. The second-order valence-electron chi connectivity index (χ2n) is 4.97. The second-order valence-corrected chi connectivity index (χ2v) is 6.89. The number of rotatable bonds is 4. The van der Waals surface area contributed by atoms with Crippen molar-refractivity contribution in [1.82, 2.24) is 21.5 Å². The van der Waals surface area contributed by atoms with Gasteiger partial charge in [-0.05, 0) is 24.3 Å². The first-order valence-corrected chi connectivity index (χ1v) is 9.20. The SMILES string of the molecule is O=C1CS/C(=N\NC(=O)c2ccc(C(=O)N/N=C3/NC(=O)CS3)cc2)N1. The predicted molar refractivity (Wildman–Crippen MR) is 97.4 cm³/mol. The molecule has 0 aromatic heterocycles. The third-order valence-corrected chi connectivity index (χ3v) is 4.85. The van der Waals surface area contributed by atoms with E-state index in [0.29, 0.717) is 21.5 Å². The van der Waals surface area contributed by atoms with Gasteiger partial charge in [-0.3, -0.25) is 19.2 Å². The highest BCUT2D eigenvalue weighted by Crippen LogP contribution is 2.10. The zero-order valence-corrected chi connectivity index (χ0v) is 14.7. The molecule has 0 bridgehead atoms. The van der Waals surface area contributed by atoms with E-state index in [4.69, 9.17) is 0 Å². The molecule has 12 heteroatoms. The fraction of sp³-hybridized carbons (Fsp3) is 0.143. The Kier molecular flexibility index (Phi) is 5.53. The molecule has 0 radical (unpaired) electrons. The number of hydrazone groups is 2. The van der Waals surface area contributed by atoms with Gasteiger partial charge in [-0.15, -0.1) is 10.2 Å². The molecule has 2 aliphatic heterocycles. The van der Waals surface area contributed by atoms with Crippen LogP contribution >= 0.6 is 23.5 Å². The minimum absolute atomic E-state index is 0.169. The Balaban J connectivity index is 1.55. The minimum Gasteiger partial charge on any atom is -0.303 e. The highest BCUT2D eigenvalue weighted by Gasteiger charge is 2.18. The molecule has 10 nitrogen and oxygen atoms in total. The minimum atomic E-state index is -0.475. The summed E-state index contributed by atoms with van der Waals surface area (Å²) >= 11 is 2.38. The number of amides is 4. The third-order valence-electron chi connectivity index (χ3n) is 3.10. The quantitative estimate of drug-likeness (QED) is 0.505. The highest BCUT2D eigenvalue weighted by molar-refractivity contribution is 8.15. The average Bonchev–Trinajstić information content (AvgIpc) is 3.25. The first kappa shape index (κ1) is 17.9. The summed E-state index contributed by atoms with van der Waals surface area (Å²) in [6.07, 6.45) is 0. The van der Waals surface area contributed by atoms with Crippen LogP contribution in [0.2, 0.25) is 0 Å². The molecule has 2 heterocycles. The molecule has 3 rings (SSSR count). The Morgan fingerprint density at radius 3 is 1.50 bits per heavy atom. The molecule has 2 aliphatic rings. The van der Waals surface area contributed by atoms with Crippen LogP contribution in [-0.2, 0) is 9.59 Å². The van der Waals surface area contributed by atoms with E-state index in [0.717, 1.165) is 0 Å². The zero-order chi connectivity index (χ0) is 18.5. The highest BCUT2D eigenvalue weighted by atomic mass is 32.2. The fourth-order valence-corrected chi connectivity index (χ4v) is 3.15. The maximum atomic E-state index is 12.0. The van der Waals surface area contributed by atoms with Crippen LogP contribution < -0.4 is 21.5 Å². The predicted octanol–water partition coefficient (Wildman–Crippen LogP) is -0.586. The molecule has 0 saturated carbocycles. The number of benzene rings is 1. The van der Waals surface area contributed by atoms with Crippen molar-refractivity contribution in [3.63, 3.8) is 0 Å². The van der Waals surface area contributed by atoms with Gasteiger partial charge in [-0.25, -0.2) is 10.9 Å². The number of nitrogens with zero attached hydrogens (tertiary/aromatic N) is 2. The molecule has 0 aliphatic carbocycles. The van der Waals surface area contributed by atoms with Crippen molar-refractivity contribution in [3.8, 4) is 0 Å². The second kappa shape index (κ2) is 8.01. The molecule has 4 N–H and O–H groups in total. The third kappa shape index (κ3) is 4.61. The molecule has 134 valence electrons. The van der Waals surface area contributed by atoms with Gasteiger partial charge in [-0.2, -0.15) is 0 Å². The zero-order valence-electron chi connectivity index (χ0n) is 13.1. The number of carbonyl (C=O) groups excluding carboxylic acids is 4. The summed E-state index contributed by atoms with van der Waals surface area (Å²) in [5.41, 5.74) is 5.24. The van der Waals surface area contributed by atoms with E-state index in [9.17, 15) is 19.2 Å². The summed E-state index contributed by atoms with van der Waals surface area (Å²) in [6.45, 7) is 0. The molecule has 0 unspecified atom stereocenters. The van der Waals surface area contributed by atoms with Gasteiger partial charge in [0.15, 0.2) is 10.3 Å². The van der Waals surface area contributed by atoms with Crippen molar-refractivity contribution < 1.29 is 19.2 Å². The standard InChI is InChI=1S/C14H12N6O4S2/c21-9-5-25-13(15-9)19-17-11(23)7-1-2-8(4-3-7)12(24)18-20-14-16-10(22)6-26-14/h1-4H,5-6H2,(H,17,23)(H,18,24)(H,15,19,21)(H,16,20,22). The lowest BCUT2D eigenvalue weighted by Gasteiger charge is -2.03. The van der Waals surface area contributed by atoms with Crippen molar-refractivity contribution in [2.75, 3.05) is 11.5 Å². The molecule has 0 spiro atoms. The van der Waals surface area contributed by atoms with E-state index in [1.54, 1.807) is 0 Å². The Morgan fingerprint density at radius 1 is 0.808 bits per heavy atom. The number of hydrogen-bond donors (Lipinski definition) is 4. The van der Waals surface area contributed by atoms with Gasteiger partial charge < -0.3 is 10.6 Å². The van der Waals surface area contributed by atoms with Crippen LogP contribution in [0.1, 0.15) is 20.7 Å². The normalized spacial score (nSPS) is 19.4. The average molecular weight is 392 g/mol. The summed E-state index contributed by atoms with van der Waals surface area (Å²) in [5.74, 6) is -0.751. The van der Waals surface area contributed by atoms with E-state index >= 15 is 0 Å². The fourth-order valence-electron chi connectivity index (χ4n) is 1.88. The van der Waals surface area contributed by atoms with E-state index < -0.39 is 11.8 Å². The van der Waals surface area contributed by atoms with Crippen LogP contribution in [0.4, 0.5) is 0 Å². The molecular weight excluding hydrogens is 380 g/mol. The number of thioether (sulfide) groups is 2. The van der Waals surface area contributed by atoms with Crippen LogP contribution in [0, 0.1) is 0 Å². The van der Waals surface area contributed by atoms with E-state index in [1.807, 2.05) is 0 Å². The van der Waals surface area contributed by atoms with Crippen molar-refractivity contribution in [1.29, 1.82) is 0 Å². The Hall–Kier alpha value is -2.86. The van der Waals surface area contributed by atoms with Gasteiger partial charge in [-0.1, -0.05) is 23.5 Å². The van der Waals surface area contributed by atoms with Crippen molar-refractivity contribution in [2.24, 2.45) is 10.2 Å². The molecule has 0 atom stereocenters.